The number of carbonyl (C=O) groups excluding carboxylic acids is 6. The fourth-order valence-electron chi connectivity index (χ4n) is 6.15. The van der Waals surface area contributed by atoms with E-state index < -0.39 is 73.2 Å². The topological polar surface area (TPSA) is 357 Å². The molecule has 0 bridgehead atoms. The zero-order valence-electron chi connectivity index (χ0n) is 37.0. The summed E-state index contributed by atoms with van der Waals surface area (Å²) in [4.78, 5) is 70.5. The third-order valence-corrected chi connectivity index (χ3v) is 9.87. The van der Waals surface area contributed by atoms with Gasteiger partial charge in [-0.05, 0) is 38.5 Å². The van der Waals surface area contributed by atoms with Gasteiger partial charge in [0.25, 0.3) is 0 Å². The van der Waals surface area contributed by atoms with Gasteiger partial charge in [0.15, 0.2) is 12.6 Å². The molecule has 2 aliphatic rings. The van der Waals surface area contributed by atoms with Crippen LogP contribution in [0.15, 0.2) is 0 Å². The second-order valence-corrected chi connectivity index (χ2v) is 15.3. The van der Waals surface area contributed by atoms with Crippen LogP contribution in [0.4, 0.5) is 0 Å². The fourth-order valence-corrected chi connectivity index (χ4v) is 6.15. The molecule has 2 rings (SSSR count). The average Bonchev–Trinajstić information content (AvgIpc) is 3.25. The number of esters is 2. The molecule has 2 aliphatic heterocycles. The largest absolute Gasteiger partial charge is 0.463 e. The molecule has 10 unspecified atom stereocenters. The van der Waals surface area contributed by atoms with Gasteiger partial charge < -0.3 is 91.1 Å². The van der Waals surface area contributed by atoms with Crippen molar-refractivity contribution in [3.8, 4) is 0 Å². The summed E-state index contributed by atoms with van der Waals surface area (Å²) in [5.41, 5.74) is 11.8. The summed E-state index contributed by atoms with van der Waals surface area (Å²) in [6, 6.07) is -2.01. The number of nitrogens with two attached hydrogens (primary N) is 2. The maximum absolute atomic E-state index is 12.1. The minimum atomic E-state index is -1.34. The van der Waals surface area contributed by atoms with E-state index in [-0.39, 0.29) is 102 Å². The second-order valence-electron chi connectivity index (χ2n) is 15.3. The Labute approximate surface area is 373 Å². The van der Waals surface area contributed by atoms with Crippen LogP contribution in [-0.2, 0) is 66.7 Å². The highest BCUT2D eigenvalue weighted by atomic mass is 16.7. The van der Waals surface area contributed by atoms with Crippen LogP contribution in [0.2, 0.25) is 0 Å². The SMILES string of the molecule is CC(=O)OCC1OC(OCCCCC(=O)NCCCNC(=O)CCOCCOCCC(=O)NCCCNC(=O)CCCCOC2OC(COC(C)=O)C(O)C(O)C2N)C(N)C(O)C1O. The zero-order chi connectivity index (χ0) is 47.3. The van der Waals surface area contributed by atoms with Gasteiger partial charge in [-0.25, -0.2) is 0 Å². The van der Waals surface area contributed by atoms with Crippen LogP contribution < -0.4 is 32.7 Å². The molecule has 64 heavy (non-hydrogen) atoms. The van der Waals surface area contributed by atoms with Crippen LogP contribution in [-0.4, -0.2) is 196 Å². The van der Waals surface area contributed by atoms with Gasteiger partial charge in [-0.15, -0.1) is 0 Å². The summed E-state index contributed by atoms with van der Waals surface area (Å²) in [7, 11) is 0. The smallest absolute Gasteiger partial charge is 0.302 e. The Balaban J connectivity index is 1.34. The summed E-state index contributed by atoms with van der Waals surface area (Å²) < 4.78 is 42.9. The van der Waals surface area contributed by atoms with Gasteiger partial charge in [0.1, 0.15) is 49.8 Å². The predicted octanol–water partition coefficient (Wildman–Crippen LogP) is -3.91. The van der Waals surface area contributed by atoms with E-state index in [2.05, 4.69) is 21.3 Å². The molecule has 0 saturated carbocycles. The zero-order valence-corrected chi connectivity index (χ0v) is 37.0. The van der Waals surface area contributed by atoms with Crippen LogP contribution in [0.1, 0.15) is 78.1 Å². The van der Waals surface area contributed by atoms with Crippen molar-refractivity contribution in [1.82, 2.24) is 21.3 Å². The Hall–Kier alpha value is -3.66. The van der Waals surface area contributed by atoms with Crippen LogP contribution >= 0.6 is 0 Å². The molecule has 0 aliphatic carbocycles. The number of amides is 4. The number of carbonyl (C=O) groups is 6. The molecule has 0 spiro atoms. The van der Waals surface area contributed by atoms with Crippen molar-refractivity contribution in [3.63, 3.8) is 0 Å². The van der Waals surface area contributed by atoms with Crippen molar-refractivity contribution in [1.29, 1.82) is 0 Å². The summed E-state index contributed by atoms with van der Waals surface area (Å²) in [6.45, 7) is 4.72. The summed E-state index contributed by atoms with van der Waals surface area (Å²) >= 11 is 0. The van der Waals surface area contributed by atoms with E-state index in [1.54, 1.807) is 0 Å². The van der Waals surface area contributed by atoms with Crippen LogP contribution in [0, 0.1) is 0 Å². The number of rotatable bonds is 33. The highest BCUT2D eigenvalue weighted by molar-refractivity contribution is 5.77. The van der Waals surface area contributed by atoms with Gasteiger partial charge in [-0.2, -0.15) is 0 Å². The first-order valence-electron chi connectivity index (χ1n) is 21.9. The molecule has 4 amide bonds. The molecule has 2 saturated heterocycles. The summed E-state index contributed by atoms with van der Waals surface area (Å²) in [6.07, 6.45) is -5.40. The summed E-state index contributed by atoms with van der Waals surface area (Å²) in [5, 5.41) is 51.7. The van der Waals surface area contributed by atoms with E-state index in [1.807, 2.05) is 0 Å². The molecule has 0 aromatic rings. The monoisotopic (exact) mass is 924 g/mol. The lowest BCUT2D eigenvalue weighted by atomic mass is 9.98. The Morgan fingerprint density at radius 1 is 0.469 bits per heavy atom. The minimum Gasteiger partial charge on any atom is -0.463 e. The first-order chi connectivity index (χ1) is 30.6. The van der Waals surface area contributed by atoms with Crippen LogP contribution in [0.25, 0.3) is 0 Å². The molecule has 10 atom stereocenters. The maximum Gasteiger partial charge on any atom is 0.302 e. The van der Waals surface area contributed by atoms with E-state index >= 15 is 0 Å². The number of ether oxygens (including phenoxy) is 8. The molecule has 370 valence electrons. The molecule has 0 aromatic carbocycles. The Morgan fingerprint density at radius 2 is 0.812 bits per heavy atom. The normalized spacial score (nSPS) is 25.5. The number of unbranched alkanes of at least 4 members (excludes halogenated alkanes) is 2. The molecule has 2 heterocycles. The molecule has 2 fully saturated rings. The standard InChI is InChI=1S/C40H72N6O18/c1-25(47)61-23-27-35(53)37(55)33(41)39(63-27)59-17-5-3-9-29(49)43-13-7-15-45-31(51)11-19-57-21-22-58-20-12-32(52)46-16-8-14-44-30(50)10-4-6-18-60-40-34(42)38(56)36(54)28(64-40)24-62-26(2)48/h27-28,33-40,53-56H,3-24,41-42H2,1-2H3,(H,43,49)(H,44,50)(H,45,51)(H,46,52). The Bertz CT molecular complexity index is 1290. The van der Waals surface area contributed by atoms with Crippen molar-refractivity contribution in [2.45, 2.75) is 139 Å². The van der Waals surface area contributed by atoms with E-state index in [0.29, 0.717) is 64.7 Å². The molecule has 12 N–H and O–H groups in total. The molecule has 0 aromatic heterocycles. The minimum absolute atomic E-state index is 0.151. The van der Waals surface area contributed by atoms with Gasteiger partial charge in [0, 0.05) is 78.9 Å². The molecule has 24 heteroatoms. The van der Waals surface area contributed by atoms with Crippen LogP contribution in [0.5, 0.6) is 0 Å². The maximum atomic E-state index is 12.1. The van der Waals surface area contributed by atoms with Gasteiger partial charge in [-0.3, -0.25) is 28.8 Å². The van der Waals surface area contributed by atoms with Crippen molar-refractivity contribution in [2.75, 3.05) is 79.0 Å². The number of hydrogen-bond acceptors (Lipinski definition) is 20. The molecular weight excluding hydrogens is 852 g/mol. The first kappa shape index (κ1) is 56.5. The van der Waals surface area contributed by atoms with E-state index in [9.17, 15) is 49.2 Å². The lowest BCUT2D eigenvalue weighted by molar-refractivity contribution is -0.267. The molecule has 24 nitrogen and oxygen atoms in total. The Kier molecular flexibility index (Phi) is 29.0. The predicted molar refractivity (Wildman–Crippen MR) is 222 cm³/mol. The first-order valence-corrected chi connectivity index (χ1v) is 21.9. The van der Waals surface area contributed by atoms with Crippen molar-refractivity contribution >= 4 is 35.6 Å². The lowest BCUT2D eigenvalue weighted by Crippen LogP contribution is -2.62. The van der Waals surface area contributed by atoms with E-state index in [0.717, 1.165) is 0 Å². The van der Waals surface area contributed by atoms with Gasteiger partial charge in [0.2, 0.25) is 23.6 Å². The number of aliphatic hydroxyl groups excluding tert-OH is 4. The summed E-state index contributed by atoms with van der Waals surface area (Å²) in [5.74, 6) is -1.80. The van der Waals surface area contributed by atoms with Gasteiger partial charge >= 0.3 is 11.9 Å². The van der Waals surface area contributed by atoms with Gasteiger partial charge in [0.05, 0.1) is 38.5 Å². The van der Waals surface area contributed by atoms with Crippen molar-refractivity contribution in [3.05, 3.63) is 0 Å². The van der Waals surface area contributed by atoms with Crippen LogP contribution in [0.3, 0.4) is 0 Å². The third-order valence-electron chi connectivity index (χ3n) is 9.87. The van der Waals surface area contributed by atoms with Crippen molar-refractivity contribution < 1.29 is 87.1 Å². The van der Waals surface area contributed by atoms with E-state index in [1.165, 1.54) is 13.8 Å². The quantitative estimate of drug-likeness (QED) is 0.0222. The van der Waals surface area contributed by atoms with E-state index in [4.69, 9.17) is 49.4 Å². The highest BCUT2D eigenvalue weighted by Crippen LogP contribution is 2.23. The Morgan fingerprint density at radius 3 is 1.16 bits per heavy atom. The number of hydrogen-bond donors (Lipinski definition) is 10. The lowest BCUT2D eigenvalue weighted by Gasteiger charge is -2.40. The average molecular weight is 925 g/mol. The molecular formula is C40H72N6O18. The second kappa shape index (κ2) is 32.9. The van der Waals surface area contributed by atoms with Crippen molar-refractivity contribution in [2.24, 2.45) is 11.5 Å². The molecule has 0 radical (unpaired) electrons. The third kappa shape index (κ3) is 24.0. The van der Waals surface area contributed by atoms with Gasteiger partial charge in [-0.1, -0.05) is 0 Å². The highest BCUT2D eigenvalue weighted by Gasteiger charge is 2.45. The number of aliphatic hydroxyl groups is 4. The fraction of sp³-hybridized carbons (Fsp3) is 0.850. The number of nitrogens with one attached hydrogen (secondary N) is 4.